The SMILES string of the molecule is [C-]#[N+]c1ccc(N2CCC(C(=O)Nc3ccc(N4CCC(CN5CCN(C[C@H]6CCN(c7ccc8c(c7)C(=O)N(C7CCC(=O)NC7=O)C8=O)C6)CC5)CC4)cc3)CC2)cc1C(F)(F)F. The van der Waals surface area contributed by atoms with Crippen LogP contribution in [-0.4, -0.2) is 129 Å². The topological polar surface area (TPSA) is 133 Å². The van der Waals surface area contributed by atoms with Crippen molar-refractivity contribution in [3.63, 3.8) is 0 Å². The second kappa shape index (κ2) is 18.5. The number of hydrogen-bond acceptors (Lipinski definition) is 10. The fourth-order valence-corrected chi connectivity index (χ4v) is 10.6. The van der Waals surface area contributed by atoms with E-state index in [0.29, 0.717) is 54.6 Å². The van der Waals surface area contributed by atoms with E-state index in [1.165, 1.54) is 6.07 Å². The fourth-order valence-electron chi connectivity index (χ4n) is 10.6. The number of hydrogen-bond donors (Lipinski definition) is 2. The lowest BCUT2D eigenvalue weighted by molar-refractivity contribution is -0.137. The summed E-state index contributed by atoms with van der Waals surface area (Å²) in [7, 11) is 0. The van der Waals surface area contributed by atoms with E-state index in [1.807, 2.05) is 23.1 Å². The van der Waals surface area contributed by atoms with E-state index in [9.17, 15) is 37.1 Å². The maximum Gasteiger partial charge on any atom is 0.407 e. The molecule has 3 aromatic rings. The molecule has 6 aliphatic heterocycles. The standard InChI is InChI=1S/C48H54F3N9O5/c1-52-41-9-7-37(27-40(41)48(49,50)51)58-20-15-33(16-21-58)44(62)53-34-2-4-35(5-3-34)57-17-12-31(13-18-57)28-55-22-24-56(25-23-55)29-32-14-19-59(30-32)36-6-8-38-39(26-36)47(65)60(46(38)64)42-10-11-43(61)54-45(42)63/h2-9,26-27,31-33,42H,10-25,28-30H2,(H,53,62)(H,54,61,63)/t32-,42?/m1/s1. The average molecular weight is 894 g/mol. The summed E-state index contributed by atoms with van der Waals surface area (Å²) >= 11 is 0. The third kappa shape index (κ3) is 9.55. The monoisotopic (exact) mass is 893 g/mol. The molecule has 0 aromatic heterocycles. The van der Waals surface area contributed by atoms with E-state index in [4.69, 9.17) is 6.57 Å². The number of imide groups is 2. The number of piperidine rings is 3. The number of nitrogens with zero attached hydrogens (tertiary/aromatic N) is 7. The Balaban J connectivity index is 0.672. The molecule has 0 spiro atoms. The van der Waals surface area contributed by atoms with Crippen LogP contribution in [0.25, 0.3) is 4.85 Å². The largest absolute Gasteiger partial charge is 0.407 e. The highest BCUT2D eigenvalue weighted by Gasteiger charge is 2.45. The van der Waals surface area contributed by atoms with Gasteiger partial charge in [-0.1, -0.05) is 6.07 Å². The third-order valence-corrected chi connectivity index (χ3v) is 14.3. The zero-order valence-electron chi connectivity index (χ0n) is 36.3. The number of piperazine rings is 1. The van der Waals surface area contributed by atoms with E-state index in [0.717, 1.165) is 113 Å². The van der Waals surface area contributed by atoms with Gasteiger partial charge in [-0.2, -0.15) is 13.2 Å². The van der Waals surface area contributed by atoms with E-state index in [2.05, 4.69) is 47.2 Å². The van der Waals surface area contributed by atoms with E-state index < -0.39 is 47.1 Å². The Morgan fingerprint density at radius 3 is 1.91 bits per heavy atom. The molecular formula is C48H54F3N9O5. The number of nitrogens with one attached hydrogen (secondary N) is 2. The Labute approximate surface area is 376 Å². The molecule has 5 saturated heterocycles. The molecule has 3 aromatic carbocycles. The summed E-state index contributed by atoms with van der Waals surface area (Å²) in [6.07, 6.45) is -0.0533. The Kier molecular flexibility index (Phi) is 12.6. The van der Waals surface area contributed by atoms with Crippen LogP contribution in [0.4, 0.5) is 41.6 Å². The van der Waals surface area contributed by atoms with Gasteiger partial charge >= 0.3 is 6.18 Å². The number of anilines is 4. The first-order chi connectivity index (χ1) is 31.3. The Morgan fingerprint density at radius 1 is 0.677 bits per heavy atom. The van der Waals surface area contributed by atoms with Gasteiger partial charge in [0.05, 0.1) is 23.3 Å². The molecule has 0 aliphatic carbocycles. The summed E-state index contributed by atoms with van der Waals surface area (Å²) in [5, 5.41) is 5.29. The number of benzene rings is 3. The first-order valence-electron chi connectivity index (χ1n) is 22.9. The van der Waals surface area contributed by atoms with Crippen molar-refractivity contribution >= 4 is 58.0 Å². The number of amides is 5. The van der Waals surface area contributed by atoms with Gasteiger partial charge in [-0.25, -0.2) is 4.85 Å². The molecule has 65 heavy (non-hydrogen) atoms. The van der Waals surface area contributed by atoms with Crippen molar-refractivity contribution in [2.45, 2.75) is 57.2 Å². The van der Waals surface area contributed by atoms with Gasteiger partial charge in [0.1, 0.15) is 6.04 Å². The lowest BCUT2D eigenvalue weighted by Crippen LogP contribution is -2.54. The minimum atomic E-state index is -4.61. The predicted molar refractivity (Wildman–Crippen MR) is 239 cm³/mol. The molecular weight excluding hydrogens is 840 g/mol. The smallest absolute Gasteiger partial charge is 0.372 e. The number of fused-ring (bicyclic) bond motifs is 1. The summed E-state index contributed by atoms with van der Waals surface area (Å²) in [6.45, 7) is 18.0. The van der Waals surface area contributed by atoms with Gasteiger partial charge in [-0.05, 0) is 105 Å². The molecule has 6 heterocycles. The summed E-state index contributed by atoms with van der Waals surface area (Å²) < 4.78 is 40.5. The molecule has 6 aliphatic rings. The fraction of sp³-hybridized carbons (Fsp3) is 0.500. The zero-order valence-corrected chi connectivity index (χ0v) is 36.3. The second-order valence-electron chi connectivity index (χ2n) is 18.4. The summed E-state index contributed by atoms with van der Waals surface area (Å²) in [5.41, 5.74) is 2.44. The van der Waals surface area contributed by atoms with Crippen molar-refractivity contribution in [1.82, 2.24) is 20.0 Å². The minimum absolute atomic E-state index is 0.0849. The Hall–Kier alpha value is -5.99. The van der Waals surface area contributed by atoms with Gasteiger partial charge in [-0.3, -0.25) is 34.2 Å². The maximum atomic E-state index is 13.5. The van der Waals surface area contributed by atoms with Crippen molar-refractivity contribution in [2.24, 2.45) is 17.8 Å². The van der Waals surface area contributed by atoms with E-state index in [-0.39, 0.29) is 24.7 Å². The highest BCUT2D eigenvalue weighted by molar-refractivity contribution is 6.23. The maximum absolute atomic E-state index is 13.5. The highest BCUT2D eigenvalue weighted by Crippen LogP contribution is 2.40. The lowest BCUT2D eigenvalue weighted by atomic mass is 9.95. The third-order valence-electron chi connectivity index (χ3n) is 14.3. The second-order valence-corrected chi connectivity index (χ2v) is 18.4. The van der Waals surface area contributed by atoms with Crippen LogP contribution < -0.4 is 25.3 Å². The Morgan fingerprint density at radius 2 is 1.25 bits per heavy atom. The quantitative estimate of drug-likeness (QED) is 0.188. The van der Waals surface area contributed by atoms with Crippen molar-refractivity contribution in [3.05, 3.63) is 88.8 Å². The van der Waals surface area contributed by atoms with Crippen molar-refractivity contribution in [2.75, 3.05) is 98.6 Å². The van der Waals surface area contributed by atoms with Crippen LogP contribution in [0.2, 0.25) is 0 Å². The van der Waals surface area contributed by atoms with Gasteiger partial charge in [0, 0.05) is 114 Å². The van der Waals surface area contributed by atoms with E-state index >= 15 is 0 Å². The van der Waals surface area contributed by atoms with Crippen LogP contribution in [0.1, 0.15) is 71.2 Å². The van der Waals surface area contributed by atoms with Crippen LogP contribution >= 0.6 is 0 Å². The molecule has 1 unspecified atom stereocenters. The van der Waals surface area contributed by atoms with Gasteiger partial charge in [0.25, 0.3) is 11.8 Å². The van der Waals surface area contributed by atoms with Crippen LogP contribution in [0.3, 0.4) is 0 Å². The molecule has 5 fully saturated rings. The predicted octanol–water partition coefficient (Wildman–Crippen LogP) is 5.87. The molecule has 5 amide bonds. The number of alkyl halides is 3. The first-order valence-corrected chi connectivity index (χ1v) is 22.9. The highest BCUT2D eigenvalue weighted by atomic mass is 19.4. The molecule has 9 rings (SSSR count). The van der Waals surface area contributed by atoms with Crippen LogP contribution in [0.5, 0.6) is 0 Å². The molecule has 2 atom stereocenters. The molecule has 342 valence electrons. The van der Waals surface area contributed by atoms with E-state index in [1.54, 1.807) is 18.2 Å². The van der Waals surface area contributed by atoms with Crippen molar-refractivity contribution < 1.29 is 37.1 Å². The molecule has 0 bridgehead atoms. The summed E-state index contributed by atoms with van der Waals surface area (Å²) in [4.78, 5) is 79.5. The molecule has 17 heteroatoms. The van der Waals surface area contributed by atoms with Crippen LogP contribution in [-0.2, 0) is 20.6 Å². The number of halogens is 3. The molecule has 0 radical (unpaired) electrons. The molecule has 14 nitrogen and oxygen atoms in total. The molecule has 0 saturated carbocycles. The number of carbonyl (C=O) groups is 5. The van der Waals surface area contributed by atoms with Crippen molar-refractivity contribution in [3.8, 4) is 0 Å². The first kappa shape index (κ1) is 44.2. The van der Waals surface area contributed by atoms with Gasteiger partial charge in [0.2, 0.25) is 17.7 Å². The van der Waals surface area contributed by atoms with Gasteiger partial charge < -0.3 is 29.8 Å². The number of carbonyl (C=O) groups excluding carboxylic acids is 5. The average Bonchev–Trinajstić information content (AvgIpc) is 3.88. The zero-order chi connectivity index (χ0) is 45.4. The lowest BCUT2D eigenvalue weighted by Gasteiger charge is -2.40. The number of rotatable bonds is 10. The summed E-state index contributed by atoms with van der Waals surface area (Å²) in [5.74, 6) is -1.16. The van der Waals surface area contributed by atoms with Gasteiger partial charge in [-0.15, -0.1) is 0 Å². The van der Waals surface area contributed by atoms with Crippen LogP contribution in [0.15, 0.2) is 60.7 Å². The molecule has 2 N–H and O–H groups in total. The van der Waals surface area contributed by atoms with Gasteiger partial charge in [0.15, 0.2) is 5.69 Å². The normalized spacial score (nSPS) is 22.9. The van der Waals surface area contributed by atoms with Crippen LogP contribution in [0, 0.1) is 24.3 Å². The Bertz CT molecular complexity index is 2360. The van der Waals surface area contributed by atoms with Crippen molar-refractivity contribution in [1.29, 1.82) is 0 Å². The minimum Gasteiger partial charge on any atom is -0.372 e. The summed E-state index contributed by atoms with van der Waals surface area (Å²) in [6, 6.07) is 16.2.